The topological polar surface area (TPSA) is 37.3 Å². The fourth-order valence-corrected chi connectivity index (χ4v) is 1.67. The lowest BCUT2D eigenvalue weighted by atomic mass is 10.0. The fraction of sp³-hybridized carbons (Fsp3) is 0. The molecule has 4 heteroatoms. The van der Waals surface area contributed by atoms with Crippen LogP contribution in [0.3, 0.4) is 0 Å². The second-order valence-corrected chi connectivity index (χ2v) is 3.90. The lowest BCUT2D eigenvalue weighted by Crippen LogP contribution is -2.00. The molecule has 2 aromatic carbocycles. The normalized spacial score (nSPS) is 11.4. The summed E-state index contributed by atoms with van der Waals surface area (Å²) in [5.41, 5.74) is 0.241. The maximum Gasteiger partial charge on any atom is 0.336 e. The maximum atomic E-state index is 13.5. The molecule has 0 saturated heterocycles. The highest BCUT2D eigenvalue weighted by molar-refractivity contribution is 6.20. The average Bonchev–Trinajstić information content (AvgIpc) is 2.40. The summed E-state index contributed by atoms with van der Waals surface area (Å²) in [5.74, 6) is -2.49. The molecule has 0 spiro atoms. The Morgan fingerprint density at radius 2 is 1.74 bits per heavy atom. The van der Waals surface area contributed by atoms with E-state index in [0.717, 1.165) is 24.3 Å². The molecule has 0 bridgehead atoms. The molecule has 2 aromatic rings. The summed E-state index contributed by atoms with van der Waals surface area (Å²) in [6.07, 6.45) is 1.12. The number of carbonyl (C=O) groups is 1. The van der Waals surface area contributed by atoms with Crippen LogP contribution < -0.4 is 0 Å². The van der Waals surface area contributed by atoms with Gasteiger partial charge in [0.25, 0.3) is 0 Å². The highest BCUT2D eigenvalue weighted by Gasteiger charge is 2.11. The van der Waals surface area contributed by atoms with Crippen LogP contribution >= 0.6 is 0 Å². The number of carboxylic acids is 1. The van der Waals surface area contributed by atoms with Gasteiger partial charge in [-0.15, -0.1) is 0 Å². The number of hydrogen-bond acceptors (Lipinski definition) is 1. The number of carboxylic acid groups (broad SMARTS) is 1. The van der Waals surface area contributed by atoms with Gasteiger partial charge in [-0.25, -0.2) is 13.6 Å². The minimum atomic E-state index is -1.20. The molecule has 0 unspecified atom stereocenters. The standard InChI is InChI=1S/C15H10F2O2/c16-12-6-7-14(17)11(8-12)9-13(15(18)19)10-4-2-1-3-5-10/h1-9H,(H,18,19)/b13-9-. The summed E-state index contributed by atoms with van der Waals surface area (Å²) in [5, 5.41) is 9.16. The van der Waals surface area contributed by atoms with Gasteiger partial charge in [0.1, 0.15) is 11.6 Å². The molecule has 0 radical (unpaired) electrons. The van der Waals surface area contributed by atoms with Crippen molar-refractivity contribution < 1.29 is 18.7 Å². The van der Waals surface area contributed by atoms with Crippen LogP contribution in [0.4, 0.5) is 8.78 Å². The third-order valence-corrected chi connectivity index (χ3v) is 2.57. The molecule has 0 aliphatic rings. The van der Waals surface area contributed by atoms with Gasteiger partial charge >= 0.3 is 5.97 Å². The first-order valence-electron chi connectivity index (χ1n) is 5.53. The first-order valence-corrected chi connectivity index (χ1v) is 5.53. The maximum absolute atomic E-state index is 13.5. The van der Waals surface area contributed by atoms with Crippen molar-refractivity contribution in [3.8, 4) is 0 Å². The van der Waals surface area contributed by atoms with E-state index in [1.54, 1.807) is 30.3 Å². The third-order valence-electron chi connectivity index (χ3n) is 2.57. The van der Waals surface area contributed by atoms with Crippen molar-refractivity contribution in [2.24, 2.45) is 0 Å². The number of aliphatic carboxylic acids is 1. The van der Waals surface area contributed by atoms with Gasteiger partial charge in [0.05, 0.1) is 5.57 Å². The Morgan fingerprint density at radius 3 is 2.37 bits per heavy atom. The van der Waals surface area contributed by atoms with E-state index in [9.17, 15) is 13.6 Å². The van der Waals surface area contributed by atoms with Crippen LogP contribution in [0, 0.1) is 11.6 Å². The SMILES string of the molecule is O=C(O)/C(=C\c1cc(F)ccc1F)c1ccccc1. The van der Waals surface area contributed by atoms with Crippen LogP contribution in [-0.4, -0.2) is 11.1 Å². The first kappa shape index (κ1) is 13.0. The fourth-order valence-electron chi connectivity index (χ4n) is 1.67. The van der Waals surface area contributed by atoms with Crippen molar-refractivity contribution in [2.45, 2.75) is 0 Å². The van der Waals surface area contributed by atoms with Gasteiger partial charge < -0.3 is 5.11 Å². The van der Waals surface area contributed by atoms with Gasteiger partial charge in [-0.3, -0.25) is 0 Å². The van der Waals surface area contributed by atoms with E-state index >= 15 is 0 Å². The van der Waals surface area contributed by atoms with Gasteiger partial charge in [-0.2, -0.15) is 0 Å². The molecule has 0 aliphatic heterocycles. The lowest BCUT2D eigenvalue weighted by molar-refractivity contribution is -0.130. The van der Waals surface area contributed by atoms with Crippen molar-refractivity contribution >= 4 is 17.6 Å². The van der Waals surface area contributed by atoms with Crippen LogP contribution in [0.2, 0.25) is 0 Å². The molecule has 1 N–H and O–H groups in total. The first-order chi connectivity index (χ1) is 9.08. The molecule has 96 valence electrons. The van der Waals surface area contributed by atoms with E-state index < -0.39 is 17.6 Å². The van der Waals surface area contributed by atoms with E-state index in [0.29, 0.717) is 5.56 Å². The van der Waals surface area contributed by atoms with Gasteiger partial charge in [0, 0.05) is 5.56 Å². The summed E-state index contributed by atoms with van der Waals surface area (Å²) in [6.45, 7) is 0. The van der Waals surface area contributed by atoms with E-state index in [-0.39, 0.29) is 11.1 Å². The van der Waals surface area contributed by atoms with Crippen LogP contribution in [0.25, 0.3) is 11.6 Å². The molecule has 0 fully saturated rings. The Hall–Kier alpha value is -2.49. The van der Waals surface area contributed by atoms with Crippen molar-refractivity contribution in [1.29, 1.82) is 0 Å². The molecule has 0 aliphatic carbocycles. The van der Waals surface area contributed by atoms with Gasteiger partial charge in [0.15, 0.2) is 0 Å². The minimum absolute atomic E-state index is 0.0925. The molecule has 0 saturated carbocycles. The van der Waals surface area contributed by atoms with Gasteiger partial charge in [0.2, 0.25) is 0 Å². The number of halogens is 2. The quantitative estimate of drug-likeness (QED) is 0.676. The predicted molar refractivity (Wildman–Crippen MR) is 68.3 cm³/mol. The zero-order valence-electron chi connectivity index (χ0n) is 9.81. The van der Waals surface area contributed by atoms with E-state index in [1.807, 2.05) is 0 Å². The summed E-state index contributed by atoms with van der Waals surface area (Å²) in [4.78, 5) is 11.2. The Morgan fingerprint density at radius 1 is 1.05 bits per heavy atom. The average molecular weight is 260 g/mol. The molecule has 2 rings (SSSR count). The van der Waals surface area contributed by atoms with Crippen molar-refractivity contribution in [1.82, 2.24) is 0 Å². The largest absolute Gasteiger partial charge is 0.478 e. The number of hydrogen-bond donors (Lipinski definition) is 1. The molecule has 19 heavy (non-hydrogen) atoms. The highest BCUT2D eigenvalue weighted by atomic mass is 19.1. The van der Waals surface area contributed by atoms with Crippen molar-refractivity contribution in [3.63, 3.8) is 0 Å². The van der Waals surface area contributed by atoms with Gasteiger partial charge in [-0.1, -0.05) is 30.3 Å². The van der Waals surface area contributed by atoms with E-state index in [4.69, 9.17) is 5.11 Å². The molecule has 2 nitrogen and oxygen atoms in total. The second kappa shape index (κ2) is 5.44. The van der Waals surface area contributed by atoms with E-state index in [2.05, 4.69) is 0 Å². The smallest absolute Gasteiger partial charge is 0.336 e. The predicted octanol–water partition coefficient (Wildman–Crippen LogP) is 3.59. The van der Waals surface area contributed by atoms with Crippen molar-refractivity contribution in [2.75, 3.05) is 0 Å². The minimum Gasteiger partial charge on any atom is -0.478 e. The molecule has 0 amide bonds. The van der Waals surface area contributed by atoms with Gasteiger partial charge in [-0.05, 0) is 29.8 Å². The molecule has 0 heterocycles. The summed E-state index contributed by atoms with van der Waals surface area (Å²) < 4.78 is 26.6. The van der Waals surface area contributed by atoms with E-state index in [1.165, 1.54) is 0 Å². The highest BCUT2D eigenvalue weighted by Crippen LogP contribution is 2.20. The summed E-state index contributed by atoms with van der Waals surface area (Å²) in [6, 6.07) is 11.2. The Kier molecular flexibility index (Phi) is 3.71. The number of rotatable bonds is 3. The van der Waals surface area contributed by atoms with Crippen LogP contribution in [0.15, 0.2) is 48.5 Å². The molecule has 0 aromatic heterocycles. The summed E-state index contributed by atoms with van der Waals surface area (Å²) in [7, 11) is 0. The molecular formula is C15H10F2O2. The monoisotopic (exact) mass is 260 g/mol. The lowest BCUT2D eigenvalue weighted by Gasteiger charge is -2.04. The zero-order chi connectivity index (χ0) is 13.8. The third kappa shape index (κ3) is 3.04. The Bertz CT molecular complexity index is 634. The summed E-state index contributed by atoms with van der Waals surface area (Å²) >= 11 is 0. The van der Waals surface area contributed by atoms with Crippen molar-refractivity contribution in [3.05, 3.63) is 71.3 Å². The molecular weight excluding hydrogens is 250 g/mol. The Labute approximate surface area is 108 Å². The zero-order valence-corrected chi connectivity index (χ0v) is 9.81. The number of benzene rings is 2. The van der Waals surface area contributed by atoms with Crippen LogP contribution in [-0.2, 0) is 4.79 Å². The second-order valence-electron chi connectivity index (χ2n) is 3.90. The van der Waals surface area contributed by atoms with Crippen LogP contribution in [0.1, 0.15) is 11.1 Å². The Balaban J connectivity index is 2.54. The molecule has 0 atom stereocenters. The van der Waals surface area contributed by atoms with Crippen LogP contribution in [0.5, 0.6) is 0 Å².